The Morgan fingerprint density at radius 1 is 1.12 bits per heavy atom. The van der Waals surface area contributed by atoms with Crippen LogP contribution >= 0.6 is 23.2 Å². The van der Waals surface area contributed by atoms with Gasteiger partial charge in [0.1, 0.15) is 10.9 Å². The number of halogens is 2. The van der Waals surface area contributed by atoms with Crippen LogP contribution in [-0.4, -0.2) is 55.0 Å². The summed E-state index contributed by atoms with van der Waals surface area (Å²) in [7, 11) is -2.56. The molecule has 2 aromatic carbocycles. The molecule has 1 aliphatic rings. The SMILES string of the molecule is CCC(C(=O)NC)N(Cc1ccc(Cl)c(Cl)c1)C(=O)CCN1C(=O)c2ccccc2S1(=O)=O. The van der Waals surface area contributed by atoms with Crippen molar-refractivity contribution in [2.45, 2.75) is 37.2 Å². The van der Waals surface area contributed by atoms with Crippen LogP contribution in [0.4, 0.5) is 0 Å². The molecule has 1 unspecified atom stereocenters. The Bertz CT molecular complexity index is 1200. The molecule has 1 aliphatic heterocycles. The number of hydrogen-bond acceptors (Lipinski definition) is 5. The summed E-state index contributed by atoms with van der Waals surface area (Å²) in [5.74, 6) is -1.51. The van der Waals surface area contributed by atoms with E-state index in [2.05, 4.69) is 5.32 Å². The molecule has 3 rings (SSSR count). The smallest absolute Gasteiger partial charge is 0.269 e. The number of carbonyl (C=O) groups is 3. The van der Waals surface area contributed by atoms with Crippen molar-refractivity contribution in [1.82, 2.24) is 14.5 Å². The summed E-state index contributed by atoms with van der Waals surface area (Å²) in [4.78, 5) is 39.6. The van der Waals surface area contributed by atoms with Gasteiger partial charge in [-0.05, 0) is 36.2 Å². The number of rotatable bonds is 8. The Morgan fingerprint density at radius 3 is 2.42 bits per heavy atom. The van der Waals surface area contributed by atoms with Gasteiger partial charge in [0.05, 0.1) is 15.6 Å². The van der Waals surface area contributed by atoms with Gasteiger partial charge >= 0.3 is 0 Å². The molecule has 1 N–H and O–H groups in total. The maximum atomic E-state index is 13.2. The summed E-state index contributed by atoms with van der Waals surface area (Å²) in [5.41, 5.74) is 0.729. The van der Waals surface area contributed by atoms with Gasteiger partial charge in [0.25, 0.3) is 15.9 Å². The fraction of sp³-hybridized carbons (Fsp3) is 0.318. The summed E-state index contributed by atoms with van der Waals surface area (Å²) < 4.78 is 26.2. The highest BCUT2D eigenvalue weighted by atomic mass is 35.5. The highest BCUT2D eigenvalue weighted by Crippen LogP contribution is 2.30. The molecule has 0 bridgehead atoms. The average molecular weight is 512 g/mol. The van der Waals surface area contributed by atoms with Gasteiger partial charge in [0.15, 0.2) is 0 Å². The Labute approximate surface area is 202 Å². The van der Waals surface area contributed by atoms with Crippen molar-refractivity contribution in [2.75, 3.05) is 13.6 Å². The van der Waals surface area contributed by atoms with Crippen LogP contribution in [0.3, 0.4) is 0 Å². The molecule has 11 heteroatoms. The lowest BCUT2D eigenvalue weighted by atomic mass is 10.1. The van der Waals surface area contributed by atoms with Crippen molar-refractivity contribution in [3.8, 4) is 0 Å². The summed E-state index contributed by atoms with van der Waals surface area (Å²) in [6, 6.07) is 10.0. The van der Waals surface area contributed by atoms with Crippen molar-refractivity contribution < 1.29 is 22.8 Å². The molecule has 0 aromatic heterocycles. The fourth-order valence-corrected chi connectivity index (χ4v) is 5.60. The lowest BCUT2D eigenvalue weighted by molar-refractivity contribution is -0.141. The summed E-state index contributed by atoms with van der Waals surface area (Å²) in [5, 5.41) is 3.21. The second-order valence-electron chi connectivity index (χ2n) is 7.44. The lowest BCUT2D eigenvalue weighted by Gasteiger charge is -2.31. The first kappa shape index (κ1) is 25.0. The molecule has 3 amide bonds. The van der Waals surface area contributed by atoms with Crippen molar-refractivity contribution in [1.29, 1.82) is 0 Å². The van der Waals surface area contributed by atoms with Gasteiger partial charge in [-0.2, -0.15) is 0 Å². The standard InChI is InChI=1S/C22H23Cl2N3O5S/c1-3-18(21(29)25-2)26(13-14-8-9-16(23)17(24)12-14)20(28)10-11-27-22(30)15-6-4-5-7-19(15)33(27,31)32/h4-9,12,18H,3,10-11,13H2,1-2H3,(H,25,29). The number of amides is 3. The molecule has 0 saturated carbocycles. The third kappa shape index (κ3) is 5.00. The van der Waals surface area contributed by atoms with Gasteiger partial charge in [-0.1, -0.05) is 48.3 Å². The van der Waals surface area contributed by atoms with Gasteiger partial charge in [-0.15, -0.1) is 0 Å². The zero-order valence-electron chi connectivity index (χ0n) is 18.0. The summed E-state index contributed by atoms with van der Waals surface area (Å²) in [6.07, 6.45) is 0.0485. The third-order valence-corrected chi connectivity index (χ3v) is 7.99. The summed E-state index contributed by atoms with van der Waals surface area (Å²) >= 11 is 12.1. The van der Waals surface area contributed by atoms with E-state index in [0.29, 0.717) is 26.3 Å². The van der Waals surface area contributed by atoms with Gasteiger partial charge in [0, 0.05) is 26.6 Å². The molecule has 0 radical (unpaired) electrons. The number of sulfonamides is 1. The van der Waals surface area contributed by atoms with E-state index in [1.165, 1.54) is 30.1 Å². The number of fused-ring (bicyclic) bond motifs is 1. The molecule has 1 heterocycles. The predicted octanol–water partition coefficient (Wildman–Crippen LogP) is 3.08. The predicted molar refractivity (Wildman–Crippen MR) is 124 cm³/mol. The van der Waals surface area contributed by atoms with E-state index in [9.17, 15) is 22.8 Å². The number of nitrogens with one attached hydrogen (secondary N) is 1. The van der Waals surface area contributed by atoms with E-state index >= 15 is 0 Å². The summed E-state index contributed by atoms with van der Waals surface area (Å²) in [6.45, 7) is 1.49. The van der Waals surface area contributed by atoms with E-state index in [0.717, 1.165) is 0 Å². The van der Waals surface area contributed by atoms with Gasteiger partial charge in [-0.25, -0.2) is 12.7 Å². The number of nitrogens with zero attached hydrogens (tertiary/aromatic N) is 2. The van der Waals surface area contributed by atoms with Crippen molar-refractivity contribution >= 4 is 50.9 Å². The first-order valence-electron chi connectivity index (χ1n) is 10.2. The van der Waals surface area contributed by atoms with Gasteiger partial charge in [-0.3, -0.25) is 14.4 Å². The number of benzene rings is 2. The molecule has 176 valence electrons. The van der Waals surface area contributed by atoms with E-state index in [1.807, 2.05) is 0 Å². The second-order valence-corrected chi connectivity index (χ2v) is 10.1. The second kappa shape index (κ2) is 10.1. The topological polar surface area (TPSA) is 104 Å². The van der Waals surface area contributed by atoms with Crippen LogP contribution in [0.1, 0.15) is 35.7 Å². The molecule has 2 aromatic rings. The van der Waals surface area contributed by atoms with Crippen LogP contribution in [0.15, 0.2) is 47.4 Å². The van der Waals surface area contributed by atoms with E-state index < -0.39 is 27.9 Å². The van der Waals surface area contributed by atoms with Crippen LogP contribution in [0.2, 0.25) is 10.0 Å². The third-order valence-electron chi connectivity index (χ3n) is 5.41. The van der Waals surface area contributed by atoms with Crippen molar-refractivity contribution in [3.05, 3.63) is 63.6 Å². The number of likely N-dealkylation sites (N-methyl/N-ethyl adjacent to an activating group) is 1. The first-order valence-corrected chi connectivity index (χ1v) is 12.4. The van der Waals surface area contributed by atoms with Gasteiger partial charge in [0.2, 0.25) is 11.8 Å². The van der Waals surface area contributed by atoms with Gasteiger partial charge < -0.3 is 10.2 Å². The minimum Gasteiger partial charge on any atom is -0.357 e. The molecule has 0 saturated heterocycles. The minimum absolute atomic E-state index is 0.0581. The Morgan fingerprint density at radius 2 is 1.82 bits per heavy atom. The first-order chi connectivity index (χ1) is 15.6. The highest BCUT2D eigenvalue weighted by molar-refractivity contribution is 7.90. The monoisotopic (exact) mass is 511 g/mol. The minimum atomic E-state index is -4.03. The quantitative estimate of drug-likeness (QED) is 0.586. The normalized spacial score (nSPS) is 15.2. The molecule has 0 aliphatic carbocycles. The molecule has 1 atom stereocenters. The largest absolute Gasteiger partial charge is 0.357 e. The van der Waals surface area contributed by atoms with Crippen LogP contribution in [0.5, 0.6) is 0 Å². The fourth-order valence-electron chi connectivity index (χ4n) is 3.71. The molecule has 0 fully saturated rings. The number of hydrogen-bond donors (Lipinski definition) is 1. The molecule has 8 nitrogen and oxygen atoms in total. The molecular weight excluding hydrogens is 489 g/mol. The van der Waals surface area contributed by atoms with E-state index in [1.54, 1.807) is 31.2 Å². The van der Waals surface area contributed by atoms with Crippen molar-refractivity contribution in [3.63, 3.8) is 0 Å². The van der Waals surface area contributed by atoms with Crippen LogP contribution in [0.25, 0.3) is 0 Å². The van der Waals surface area contributed by atoms with Crippen molar-refractivity contribution in [2.24, 2.45) is 0 Å². The van der Waals surface area contributed by atoms with E-state index in [4.69, 9.17) is 23.2 Å². The molecule has 33 heavy (non-hydrogen) atoms. The number of carbonyl (C=O) groups excluding carboxylic acids is 3. The zero-order valence-corrected chi connectivity index (χ0v) is 20.4. The molecular formula is C22H23Cl2N3O5S. The maximum Gasteiger partial charge on any atom is 0.269 e. The van der Waals surface area contributed by atoms with Crippen LogP contribution < -0.4 is 5.32 Å². The highest BCUT2D eigenvalue weighted by Gasteiger charge is 2.41. The zero-order chi connectivity index (χ0) is 24.3. The molecule has 0 spiro atoms. The average Bonchev–Trinajstić information content (AvgIpc) is 2.99. The maximum absolute atomic E-state index is 13.2. The Hall–Kier alpha value is -2.62. The Kier molecular flexibility index (Phi) is 7.66. The lowest BCUT2D eigenvalue weighted by Crippen LogP contribution is -2.49. The van der Waals surface area contributed by atoms with Crippen LogP contribution in [-0.2, 0) is 26.2 Å². The van der Waals surface area contributed by atoms with Crippen LogP contribution in [0, 0.1) is 0 Å². The van der Waals surface area contributed by atoms with E-state index in [-0.39, 0.29) is 35.9 Å². The Balaban J connectivity index is 1.83.